The summed E-state index contributed by atoms with van der Waals surface area (Å²) in [4.78, 5) is 24.9. The lowest BCUT2D eigenvalue weighted by molar-refractivity contribution is 0.102. The van der Waals surface area contributed by atoms with Crippen LogP contribution in [-0.4, -0.2) is 20.9 Å². The van der Waals surface area contributed by atoms with Crippen LogP contribution in [0.5, 0.6) is 0 Å². The van der Waals surface area contributed by atoms with E-state index in [-0.39, 0.29) is 5.91 Å². The van der Waals surface area contributed by atoms with E-state index in [2.05, 4.69) is 39.6 Å². The number of hydrogen-bond donors (Lipinski definition) is 2. The van der Waals surface area contributed by atoms with E-state index >= 15 is 0 Å². The molecule has 1 amide bonds. The Labute approximate surface area is 171 Å². The number of rotatable bonds is 4. The SMILES string of the molecule is O=C(Nc1nccs1)c1cccc2[nH]c(-c3cccc(-c4ccccc4)c3)nc12. The molecule has 0 radical (unpaired) electrons. The second kappa shape index (κ2) is 7.33. The lowest BCUT2D eigenvalue weighted by Crippen LogP contribution is -2.12. The number of aromatic nitrogens is 3. The van der Waals surface area contributed by atoms with Gasteiger partial charge in [0.2, 0.25) is 0 Å². The number of thiazole rings is 1. The van der Waals surface area contributed by atoms with Crippen molar-refractivity contribution in [3.05, 3.63) is 89.9 Å². The van der Waals surface area contributed by atoms with Gasteiger partial charge in [-0.25, -0.2) is 9.97 Å². The predicted octanol–water partition coefficient (Wildman–Crippen LogP) is 5.61. The smallest absolute Gasteiger partial charge is 0.259 e. The van der Waals surface area contributed by atoms with Crippen molar-refractivity contribution in [2.75, 3.05) is 5.32 Å². The van der Waals surface area contributed by atoms with E-state index in [1.807, 2.05) is 47.8 Å². The number of carbonyl (C=O) groups excluding carboxylic acids is 1. The molecule has 0 fully saturated rings. The molecule has 0 atom stereocenters. The fourth-order valence-electron chi connectivity index (χ4n) is 3.28. The van der Waals surface area contributed by atoms with Crippen LogP contribution in [0.2, 0.25) is 0 Å². The topological polar surface area (TPSA) is 70.7 Å². The zero-order valence-electron chi connectivity index (χ0n) is 15.3. The second-order valence-corrected chi connectivity index (χ2v) is 7.42. The summed E-state index contributed by atoms with van der Waals surface area (Å²) >= 11 is 1.38. The van der Waals surface area contributed by atoms with E-state index in [0.717, 1.165) is 28.0 Å². The number of nitrogens with zero attached hydrogens (tertiary/aromatic N) is 2. The van der Waals surface area contributed by atoms with Gasteiger partial charge >= 0.3 is 0 Å². The summed E-state index contributed by atoms with van der Waals surface area (Å²) in [6.07, 6.45) is 1.66. The van der Waals surface area contributed by atoms with E-state index in [9.17, 15) is 4.79 Å². The number of carbonyl (C=O) groups is 1. The largest absolute Gasteiger partial charge is 0.338 e. The van der Waals surface area contributed by atoms with Crippen LogP contribution in [-0.2, 0) is 0 Å². The molecule has 0 aliphatic heterocycles. The highest BCUT2D eigenvalue weighted by molar-refractivity contribution is 7.13. The van der Waals surface area contributed by atoms with Crippen LogP contribution in [0, 0.1) is 0 Å². The number of benzene rings is 3. The fraction of sp³-hybridized carbons (Fsp3) is 0. The van der Waals surface area contributed by atoms with Crippen LogP contribution >= 0.6 is 11.3 Å². The van der Waals surface area contributed by atoms with Crippen LogP contribution in [0.4, 0.5) is 5.13 Å². The van der Waals surface area contributed by atoms with Crippen molar-refractivity contribution in [1.29, 1.82) is 0 Å². The van der Waals surface area contributed by atoms with Gasteiger partial charge in [-0.1, -0.05) is 54.6 Å². The molecule has 2 heterocycles. The maximum atomic E-state index is 12.7. The Morgan fingerprint density at radius 2 is 1.69 bits per heavy atom. The molecule has 3 aromatic carbocycles. The van der Waals surface area contributed by atoms with Gasteiger partial charge in [0.1, 0.15) is 11.3 Å². The van der Waals surface area contributed by atoms with Crippen LogP contribution in [0.25, 0.3) is 33.5 Å². The third-order valence-electron chi connectivity index (χ3n) is 4.65. The highest BCUT2D eigenvalue weighted by Crippen LogP contribution is 2.27. The Hall–Kier alpha value is -3.77. The van der Waals surface area contributed by atoms with Gasteiger partial charge in [-0.05, 0) is 29.3 Å². The summed E-state index contributed by atoms with van der Waals surface area (Å²) in [6, 6.07) is 24.0. The summed E-state index contributed by atoms with van der Waals surface area (Å²) in [7, 11) is 0. The monoisotopic (exact) mass is 396 g/mol. The Morgan fingerprint density at radius 1 is 0.897 bits per heavy atom. The summed E-state index contributed by atoms with van der Waals surface area (Å²) in [6.45, 7) is 0. The highest BCUT2D eigenvalue weighted by Gasteiger charge is 2.15. The number of para-hydroxylation sites is 1. The van der Waals surface area contributed by atoms with Crippen LogP contribution in [0.3, 0.4) is 0 Å². The van der Waals surface area contributed by atoms with Crippen LogP contribution < -0.4 is 5.32 Å². The summed E-state index contributed by atoms with van der Waals surface area (Å²) in [5, 5.41) is 5.21. The average molecular weight is 396 g/mol. The van der Waals surface area contributed by atoms with Crippen LogP contribution in [0.1, 0.15) is 10.4 Å². The quantitative estimate of drug-likeness (QED) is 0.415. The zero-order chi connectivity index (χ0) is 19.6. The van der Waals surface area contributed by atoms with E-state index in [0.29, 0.717) is 16.2 Å². The molecule has 0 aliphatic carbocycles. The summed E-state index contributed by atoms with van der Waals surface area (Å²) < 4.78 is 0. The normalized spacial score (nSPS) is 10.9. The Kier molecular flexibility index (Phi) is 4.38. The Morgan fingerprint density at radius 3 is 2.52 bits per heavy atom. The first kappa shape index (κ1) is 17.3. The van der Waals surface area contributed by atoms with Crippen molar-refractivity contribution < 1.29 is 4.79 Å². The lowest BCUT2D eigenvalue weighted by Gasteiger charge is -2.03. The molecule has 29 heavy (non-hydrogen) atoms. The van der Waals surface area contributed by atoms with Gasteiger partial charge in [0, 0.05) is 17.1 Å². The molecule has 0 unspecified atom stereocenters. The van der Waals surface area contributed by atoms with Crippen molar-refractivity contribution in [3.8, 4) is 22.5 Å². The molecule has 0 bridgehead atoms. The third-order valence-corrected chi connectivity index (χ3v) is 5.34. The van der Waals surface area contributed by atoms with Gasteiger partial charge < -0.3 is 4.98 Å². The number of fused-ring (bicyclic) bond motifs is 1. The average Bonchev–Trinajstić information content (AvgIpc) is 3.44. The molecule has 0 saturated heterocycles. The zero-order valence-corrected chi connectivity index (χ0v) is 16.1. The first-order valence-electron chi connectivity index (χ1n) is 9.13. The minimum Gasteiger partial charge on any atom is -0.338 e. The van der Waals surface area contributed by atoms with Crippen LogP contribution in [0.15, 0.2) is 84.4 Å². The van der Waals surface area contributed by atoms with E-state index in [4.69, 9.17) is 4.98 Å². The number of nitrogens with one attached hydrogen (secondary N) is 2. The van der Waals surface area contributed by atoms with Gasteiger partial charge in [0.25, 0.3) is 5.91 Å². The van der Waals surface area contributed by atoms with Gasteiger partial charge in [-0.2, -0.15) is 0 Å². The molecule has 5 aromatic rings. The minimum atomic E-state index is -0.221. The summed E-state index contributed by atoms with van der Waals surface area (Å²) in [5.41, 5.74) is 5.20. The molecule has 2 N–H and O–H groups in total. The molecular formula is C23H16N4OS. The maximum absolute atomic E-state index is 12.7. The first-order valence-corrected chi connectivity index (χ1v) is 10.0. The van der Waals surface area contributed by atoms with Crippen molar-refractivity contribution >= 4 is 33.4 Å². The number of H-pyrrole nitrogens is 1. The fourth-order valence-corrected chi connectivity index (χ4v) is 3.80. The standard InChI is InChI=1S/C23H16N4OS/c28-22(27-23-24-12-13-29-23)18-10-5-11-19-20(18)26-21(25-19)17-9-4-8-16(14-17)15-6-2-1-3-7-15/h1-14H,(H,25,26)(H,24,27,28). The molecule has 140 valence electrons. The summed E-state index contributed by atoms with van der Waals surface area (Å²) in [5.74, 6) is 0.508. The molecule has 0 aliphatic rings. The van der Waals surface area contributed by atoms with E-state index in [1.54, 1.807) is 12.3 Å². The van der Waals surface area contributed by atoms with Gasteiger partial charge in [0.15, 0.2) is 5.13 Å². The third kappa shape index (κ3) is 3.41. The molecule has 0 spiro atoms. The second-order valence-electron chi connectivity index (χ2n) is 6.53. The van der Waals surface area contributed by atoms with Gasteiger partial charge in [0.05, 0.1) is 11.1 Å². The number of imidazole rings is 1. The highest BCUT2D eigenvalue weighted by atomic mass is 32.1. The van der Waals surface area contributed by atoms with Crippen molar-refractivity contribution in [2.45, 2.75) is 0 Å². The predicted molar refractivity (Wildman–Crippen MR) is 117 cm³/mol. The molecular weight excluding hydrogens is 380 g/mol. The number of hydrogen-bond acceptors (Lipinski definition) is 4. The van der Waals surface area contributed by atoms with Crippen molar-refractivity contribution in [3.63, 3.8) is 0 Å². The van der Waals surface area contributed by atoms with Gasteiger partial charge in [-0.15, -0.1) is 11.3 Å². The lowest BCUT2D eigenvalue weighted by atomic mass is 10.0. The molecule has 5 nitrogen and oxygen atoms in total. The molecule has 0 saturated carbocycles. The first-order chi connectivity index (χ1) is 14.3. The maximum Gasteiger partial charge on any atom is 0.259 e. The molecule has 5 rings (SSSR count). The van der Waals surface area contributed by atoms with Crippen molar-refractivity contribution in [1.82, 2.24) is 15.0 Å². The molecule has 2 aromatic heterocycles. The van der Waals surface area contributed by atoms with Gasteiger partial charge in [-0.3, -0.25) is 10.1 Å². The number of amides is 1. The Bertz CT molecular complexity index is 1290. The van der Waals surface area contributed by atoms with Crippen molar-refractivity contribution in [2.24, 2.45) is 0 Å². The minimum absolute atomic E-state index is 0.221. The Balaban J connectivity index is 1.53. The number of anilines is 1. The van der Waals surface area contributed by atoms with E-state index in [1.165, 1.54) is 11.3 Å². The number of aromatic amines is 1. The molecule has 6 heteroatoms. The van der Waals surface area contributed by atoms with E-state index < -0.39 is 0 Å².